The minimum absolute atomic E-state index is 0.269. The highest BCUT2D eigenvalue weighted by Gasteiger charge is 2.57. The lowest BCUT2D eigenvalue weighted by atomic mass is 9.54. The molecule has 0 radical (unpaired) electrons. The molecule has 0 atom stereocenters. The second kappa shape index (κ2) is 4.86. The van der Waals surface area contributed by atoms with Crippen LogP contribution in [0.5, 0.6) is 0 Å². The molecule has 5 rings (SSSR count). The van der Waals surface area contributed by atoms with Crippen LogP contribution in [-0.4, -0.2) is 33.1 Å². The third-order valence-electron chi connectivity index (χ3n) is 5.72. The van der Waals surface area contributed by atoms with Crippen molar-refractivity contribution in [3.63, 3.8) is 0 Å². The van der Waals surface area contributed by atoms with Crippen molar-refractivity contribution >= 4 is 11.0 Å². The molecule has 4 heterocycles. The van der Waals surface area contributed by atoms with Crippen molar-refractivity contribution in [1.82, 2.24) is 20.3 Å². The summed E-state index contributed by atoms with van der Waals surface area (Å²) in [6, 6.07) is 5.58. The van der Waals surface area contributed by atoms with E-state index in [9.17, 15) is 9.50 Å². The third kappa shape index (κ3) is 2.07. The molecule has 0 bridgehead atoms. The van der Waals surface area contributed by atoms with Crippen LogP contribution in [-0.2, 0) is 5.60 Å². The molecule has 0 unspecified atom stereocenters. The zero-order valence-electron chi connectivity index (χ0n) is 13.9. The molecule has 1 spiro atoms. The fourth-order valence-electron chi connectivity index (χ4n) is 4.54. The summed E-state index contributed by atoms with van der Waals surface area (Å²) in [4.78, 5) is 11.7. The number of aromatic nitrogens is 3. The van der Waals surface area contributed by atoms with Crippen molar-refractivity contribution in [3.8, 4) is 11.3 Å². The van der Waals surface area contributed by atoms with Crippen molar-refractivity contribution in [2.45, 2.75) is 25.4 Å². The third-order valence-corrected chi connectivity index (χ3v) is 5.72. The number of halogens is 1. The van der Waals surface area contributed by atoms with Crippen molar-refractivity contribution < 1.29 is 9.50 Å². The lowest BCUT2D eigenvalue weighted by Crippen LogP contribution is -2.65. The van der Waals surface area contributed by atoms with E-state index in [2.05, 4.69) is 20.3 Å². The molecule has 1 aliphatic heterocycles. The van der Waals surface area contributed by atoms with Crippen LogP contribution < -0.4 is 5.32 Å². The number of pyridine rings is 2. The minimum atomic E-state index is -0.787. The molecule has 25 heavy (non-hydrogen) atoms. The van der Waals surface area contributed by atoms with Crippen LogP contribution in [0.15, 0.2) is 30.6 Å². The summed E-state index contributed by atoms with van der Waals surface area (Å²) >= 11 is 0. The SMILES string of the molecule is Cc1nc(-c2ccnc3[nH]cc(F)c23)ccc1C1(O)CC2(CNC2)C1. The topological polar surface area (TPSA) is 73.8 Å². The van der Waals surface area contributed by atoms with Gasteiger partial charge in [0.1, 0.15) is 5.65 Å². The van der Waals surface area contributed by atoms with E-state index >= 15 is 0 Å². The maximum absolute atomic E-state index is 14.1. The van der Waals surface area contributed by atoms with Crippen LogP contribution in [0.4, 0.5) is 4.39 Å². The summed E-state index contributed by atoms with van der Waals surface area (Å²) < 4.78 is 14.1. The van der Waals surface area contributed by atoms with Crippen molar-refractivity contribution in [2.75, 3.05) is 13.1 Å². The molecule has 1 aliphatic carbocycles. The number of nitrogens with zero attached hydrogens (tertiary/aromatic N) is 2. The Morgan fingerprint density at radius 2 is 2.00 bits per heavy atom. The summed E-state index contributed by atoms with van der Waals surface area (Å²) in [5, 5.41) is 14.7. The van der Waals surface area contributed by atoms with E-state index in [1.165, 1.54) is 6.20 Å². The number of H-pyrrole nitrogens is 1. The van der Waals surface area contributed by atoms with Gasteiger partial charge in [-0.05, 0) is 31.9 Å². The summed E-state index contributed by atoms with van der Waals surface area (Å²) in [5.41, 5.74) is 3.07. The van der Waals surface area contributed by atoms with Crippen LogP contribution >= 0.6 is 0 Å². The normalized spacial score (nSPS) is 20.4. The molecule has 6 heteroatoms. The fraction of sp³-hybridized carbons (Fsp3) is 0.368. The number of nitrogens with one attached hydrogen (secondary N) is 2. The van der Waals surface area contributed by atoms with Gasteiger partial charge in [0, 0.05) is 47.7 Å². The molecule has 1 saturated carbocycles. The van der Waals surface area contributed by atoms with E-state index in [4.69, 9.17) is 0 Å². The Labute approximate surface area is 144 Å². The van der Waals surface area contributed by atoms with Gasteiger partial charge in [-0.25, -0.2) is 9.37 Å². The molecular weight excluding hydrogens is 319 g/mol. The Kier molecular flexibility index (Phi) is 2.92. The molecule has 1 saturated heterocycles. The molecule has 3 aromatic heterocycles. The van der Waals surface area contributed by atoms with Gasteiger partial charge in [-0.2, -0.15) is 0 Å². The van der Waals surface area contributed by atoms with Gasteiger partial charge >= 0.3 is 0 Å². The molecular formula is C19H19FN4O. The number of fused-ring (bicyclic) bond motifs is 1. The van der Waals surface area contributed by atoms with Gasteiger partial charge in [0.05, 0.1) is 16.7 Å². The molecule has 128 valence electrons. The second-order valence-electron chi connectivity index (χ2n) is 7.54. The first kappa shape index (κ1) is 15.0. The average molecular weight is 338 g/mol. The van der Waals surface area contributed by atoms with Gasteiger partial charge in [-0.1, -0.05) is 6.07 Å². The Hall–Kier alpha value is -2.31. The van der Waals surface area contributed by atoms with E-state index < -0.39 is 5.60 Å². The first-order valence-corrected chi connectivity index (χ1v) is 8.53. The van der Waals surface area contributed by atoms with Crippen LogP contribution in [0.25, 0.3) is 22.3 Å². The lowest BCUT2D eigenvalue weighted by Gasteiger charge is -2.59. The molecule has 2 aliphatic rings. The number of hydrogen-bond acceptors (Lipinski definition) is 4. The fourth-order valence-corrected chi connectivity index (χ4v) is 4.54. The summed E-state index contributed by atoms with van der Waals surface area (Å²) in [7, 11) is 0. The van der Waals surface area contributed by atoms with Crippen molar-refractivity contribution in [1.29, 1.82) is 0 Å². The van der Waals surface area contributed by atoms with E-state index in [1.54, 1.807) is 12.3 Å². The Bertz CT molecular complexity index is 984. The molecule has 3 N–H and O–H groups in total. The predicted molar refractivity (Wildman–Crippen MR) is 92.5 cm³/mol. The van der Waals surface area contributed by atoms with Gasteiger partial charge in [-0.3, -0.25) is 4.98 Å². The quantitative estimate of drug-likeness (QED) is 0.672. The number of hydrogen-bond donors (Lipinski definition) is 3. The molecule has 3 aromatic rings. The monoisotopic (exact) mass is 338 g/mol. The van der Waals surface area contributed by atoms with Crippen LogP contribution in [0.2, 0.25) is 0 Å². The second-order valence-corrected chi connectivity index (χ2v) is 7.54. The minimum Gasteiger partial charge on any atom is -0.385 e. The standard InChI is InChI=1S/C19H19FN4O/c1-11-13(19(25)7-18(8-19)9-21-10-18)2-3-15(24-11)12-4-5-22-17-16(12)14(20)6-23-17/h2-6,21,25H,7-10H2,1H3,(H,22,23). The molecule has 0 aromatic carbocycles. The van der Waals surface area contributed by atoms with Gasteiger partial charge < -0.3 is 15.4 Å². The van der Waals surface area contributed by atoms with Crippen LogP contribution in [0.3, 0.4) is 0 Å². The van der Waals surface area contributed by atoms with Crippen LogP contribution in [0, 0.1) is 18.2 Å². The largest absolute Gasteiger partial charge is 0.385 e. The maximum atomic E-state index is 14.1. The van der Waals surface area contributed by atoms with Crippen LogP contribution in [0.1, 0.15) is 24.1 Å². The first-order chi connectivity index (χ1) is 12.0. The molecule has 2 fully saturated rings. The van der Waals surface area contributed by atoms with Gasteiger partial charge in [0.15, 0.2) is 5.82 Å². The van der Waals surface area contributed by atoms with Gasteiger partial charge in [0.25, 0.3) is 0 Å². The Morgan fingerprint density at radius 3 is 2.68 bits per heavy atom. The highest BCUT2D eigenvalue weighted by molar-refractivity contribution is 5.92. The van der Waals surface area contributed by atoms with Gasteiger partial charge in [0.2, 0.25) is 0 Å². The van der Waals surface area contributed by atoms with E-state index in [1.807, 2.05) is 19.1 Å². The highest BCUT2D eigenvalue weighted by Crippen LogP contribution is 2.56. The van der Waals surface area contributed by atoms with E-state index in [-0.39, 0.29) is 11.2 Å². The number of aryl methyl sites for hydroxylation is 1. The Morgan fingerprint density at radius 1 is 1.20 bits per heavy atom. The predicted octanol–water partition coefficient (Wildman–Crippen LogP) is 2.64. The zero-order valence-corrected chi connectivity index (χ0v) is 13.9. The number of aromatic amines is 1. The molecule has 5 nitrogen and oxygen atoms in total. The van der Waals surface area contributed by atoms with Gasteiger partial charge in [-0.15, -0.1) is 0 Å². The van der Waals surface area contributed by atoms with Crippen molar-refractivity contribution in [3.05, 3.63) is 47.7 Å². The number of rotatable bonds is 2. The number of aliphatic hydroxyl groups is 1. The highest BCUT2D eigenvalue weighted by atomic mass is 19.1. The zero-order chi connectivity index (χ0) is 17.2. The lowest BCUT2D eigenvalue weighted by molar-refractivity contribution is -0.156. The first-order valence-electron chi connectivity index (χ1n) is 8.53. The average Bonchev–Trinajstić information content (AvgIpc) is 2.91. The summed E-state index contributed by atoms with van der Waals surface area (Å²) in [5.74, 6) is -0.335. The summed E-state index contributed by atoms with van der Waals surface area (Å²) in [6.45, 7) is 3.88. The molecule has 0 amide bonds. The van der Waals surface area contributed by atoms with E-state index in [0.29, 0.717) is 22.3 Å². The van der Waals surface area contributed by atoms with E-state index in [0.717, 1.165) is 37.2 Å². The smallest absolute Gasteiger partial charge is 0.150 e. The Balaban J connectivity index is 1.54. The maximum Gasteiger partial charge on any atom is 0.150 e. The summed E-state index contributed by atoms with van der Waals surface area (Å²) in [6.07, 6.45) is 4.51. The van der Waals surface area contributed by atoms with Crippen molar-refractivity contribution in [2.24, 2.45) is 5.41 Å².